The molecule has 0 unspecified atom stereocenters. The number of pyridine rings is 1. The van der Waals surface area contributed by atoms with Crippen LogP contribution in [0.3, 0.4) is 0 Å². The molecule has 21 heavy (non-hydrogen) atoms. The predicted molar refractivity (Wildman–Crippen MR) is 80.0 cm³/mol. The minimum absolute atomic E-state index is 0.0167. The van der Waals surface area contributed by atoms with Crippen molar-refractivity contribution in [2.45, 2.75) is 6.92 Å². The van der Waals surface area contributed by atoms with E-state index in [2.05, 4.69) is 10.3 Å². The highest BCUT2D eigenvalue weighted by atomic mass is 35.5. The van der Waals surface area contributed by atoms with Gasteiger partial charge in [-0.05, 0) is 31.2 Å². The van der Waals surface area contributed by atoms with E-state index in [4.69, 9.17) is 23.2 Å². The van der Waals surface area contributed by atoms with Crippen LogP contribution in [-0.2, 0) is 0 Å². The lowest BCUT2D eigenvalue weighted by molar-refractivity contribution is -0.383. The molecule has 1 N–H and O–H groups in total. The number of rotatable bonds is 3. The molecule has 1 amide bonds. The van der Waals surface area contributed by atoms with Crippen LogP contribution in [0.2, 0.25) is 10.2 Å². The van der Waals surface area contributed by atoms with Crippen LogP contribution in [0.25, 0.3) is 0 Å². The normalized spacial score (nSPS) is 10.2. The number of benzene rings is 1. The molecule has 0 spiro atoms. The number of aromatic nitrogens is 1. The molecule has 0 fully saturated rings. The van der Waals surface area contributed by atoms with Gasteiger partial charge in [-0.1, -0.05) is 23.2 Å². The minimum atomic E-state index is -0.600. The largest absolute Gasteiger partial charge is 0.316 e. The van der Waals surface area contributed by atoms with Crippen molar-refractivity contribution < 1.29 is 9.72 Å². The Kier molecular flexibility index (Phi) is 4.40. The number of halogens is 2. The first-order chi connectivity index (χ1) is 9.86. The molecule has 8 heteroatoms. The first-order valence-electron chi connectivity index (χ1n) is 5.76. The summed E-state index contributed by atoms with van der Waals surface area (Å²) in [6.07, 6.45) is 0. The first-order valence-corrected chi connectivity index (χ1v) is 6.52. The fourth-order valence-electron chi connectivity index (χ4n) is 1.72. The van der Waals surface area contributed by atoms with Crippen molar-refractivity contribution in [3.05, 3.63) is 61.9 Å². The number of hydrogen-bond donors (Lipinski definition) is 1. The van der Waals surface area contributed by atoms with Crippen molar-refractivity contribution >= 4 is 40.5 Å². The van der Waals surface area contributed by atoms with Crippen LogP contribution in [0, 0.1) is 17.0 Å². The summed E-state index contributed by atoms with van der Waals surface area (Å²) in [7, 11) is 0. The molecule has 108 valence electrons. The topological polar surface area (TPSA) is 85.1 Å². The van der Waals surface area contributed by atoms with Crippen LogP contribution in [0.1, 0.15) is 16.1 Å². The third kappa shape index (κ3) is 3.68. The predicted octanol–water partition coefficient (Wildman–Crippen LogP) is 3.86. The summed E-state index contributed by atoms with van der Waals surface area (Å²) in [5, 5.41) is 13.8. The number of carbonyl (C=O) groups excluding carboxylic acids is 1. The third-order valence-electron chi connectivity index (χ3n) is 2.59. The average Bonchev–Trinajstić information content (AvgIpc) is 2.37. The summed E-state index contributed by atoms with van der Waals surface area (Å²) in [4.78, 5) is 26.4. The second-order valence-corrected chi connectivity index (χ2v) is 5.02. The Bertz CT molecular complexity index is 714. The molecule has 6 nitrogen and oxygen atoms in total. The molecule has 0 bridgehead atoms. The van der Waals surface area contributed by atoms with Crippen molar-refractivity contribution in [1.82, 2.24) is 4.98 Å². The molecule has 0 saturated carbocycles. The molecule has 0 aliphatic carbocycles. The second-order valence-electron chi connectivity index (χ2n) is 4.19. The SMILES string of the molecule is Cc1cc(C(=O)Nc2cc(Cl)ccc2[N+](=O)[O-])cc(Cl)n1. The van der Waals surface area contributed by atoms with E-state index in [-0.39, 0.29) is 27.1 Å². The monoisotopic (exact) mass is 325 g/mol. The van der Waals surface area contributed by atoms with Gasteiger partial charge in [0.25, 0.3) is 11.6 Å². The van der Waals surface area contributed by atoms with Gasteiger partial charge in [0.05, 0.1) is 4.92 Å². The number of nitrogens with zero attached hydrogens (tertiary/aromatic N) is 2. The van der Waals surface area contributed by atoms with E-state index in [0.717, 1.165) is 0 Å². The van der Waals surface area contributed by atoms with Gasteiger partial charge in [0, 0.05) is 22.3 Å². The lowest BCUT2D eigenvalue weighted by Gasteiger charge is -2.07. The summed E-state index contributed by atoms with van der Waals surface area (Å²) in [5.41, 5.74) is 0.586. The molecule has 0 aliphatic rings. The van der Waals surface area contributed by atoms with Gasteiger partial charge in [0.2, 0.25) is 0 Å². The molecular weight excluding hydrogens is 317 g/mol. The lowest BCUT2D eigenvalue weighted by Crippen LogP contribution is -2.13. The standard InChI is InChI=1S/C13H9Cl2N3O3/c1-7-4-8(5-12(15)16-7)13(19)17-10-6-9(14)2-3-11(10)18(20)21/h2-6H,1H3,(H,17,19). The number of nitro benzene ring substituents is 1. The molecule has 0 atom stereocenters. The summed E-state index contributed by atoms with van der Waals surface area (Å²) in [6, 6.07) is 6.82. The third-order valence-corrected chi connectivity index (χ3v) is 3.02. The highest BCUT2D eigenvalue weighted by Gasteiger charge is 2.17. The zero-order chi connectivity index (χ0) is 15.6. The van der Waals surface area contributed by atoms with E-state index in [9.17, 15) is 14.9 Å². The summed E-state index contributed by atoms with van der Waals surface area (Å²) in [6.45, 7) is 1.69. The maximum Gasteiger partial charge on any atom is 0.292 e. The zero-order valence-corrected chi connectivity index (χ0v) is 12.3. The molecule has 1 aromatic carbocycles. The van der Waals surface area contributed by atoms with Crippen molar-refractivity contribution in [3.63, 3.8) is 0 Å². The Balaban J connectivity index is 2.35. The van der Waals surface area contributed by atoms with E-state index in [1.54, 1.807) is 6.92 Å². The van der Waals surface area contributed by atoms with Crippen LogP contribution in [0.4, 0.5) is 11.4 Å². The summed E-state index contributed by atoms with van der Waals surface area (Å²) in [5.74, 6) is -0.534. The van der Waals surface area contributed by atoms with Gasteiger partial charge in [0.15, 0.2) is 0 Å². The number of nitrogens with one attached hydrogen (secondary N) is 1. The summed E-state index contributed by atoms with van der Waals surface area (Å²) < 4.78 is 0. The van der Waals surface area contributed by atoms with E-state index >= 15 is 0 Å². The number of anilines is 1. The van der Waals surface area contributed by atoms with E-state index in [1.807, 2.05) is 0 Å². The first kappa shape index (κ1) is 15.2. The quantitative estimate of drug-likeness (QED) is 0.527. The van der Waals surface area contributed by atoms with Crippen molar-refractivity contribution in [3.8, 4) is 0 Å². The Labute approximate surface area is 129 Å². The highest BCUT2D eigenvalue weighted by molar-refractivity contribution is 6.31. The van der Waals surface area contributed by atoms with Gasteiger partial charge in [-0.25, -0.2) is 4.98 Å². The van der Waals surface area contributed by atoms with Crippen LogP contribution < -0.4 is 5.32 Å². The van der Waals surface area contributed by atoms with Crippen molar-refractivity contribution in [1.29, 1.82) is 0 Å². The Morgan fingerprint density at radius 3 is 2.62 bits per heavy atom. The van der Waals surface area contributed by atoms with E-state index in [1.165, 1.54) is 30.3 Å². The van der Waals surface area contributed by atoms with Gasteiger partial charge in [-0.2, -0.15) is 0 Å². The zero-order valence-electron chi connectivity index (χ0n) is 10.8. The molecule has 1 aromatic heterocycles. The Hall–Kier alpha value is -2.18. The fraction of sp³-hybridized carbons (Fsp3) is 0.0769. The fourth-order valence-corrected chi connectivity index (χ4v) is 2.14. The number of aryl methyl sites for hydroxylation is 1. The van der Waals surface area contributed by atoms with Crippen LogP contribution >= 0.6 is 23.2 Å². The van der Waals surface area contributed by atoms with Crippen molar-refractivity contribution in [2.75, 3.05) is 5.32 Å². The van der Waals surface area contributed by atoms with Gasteiger partial charge < -0.3 is 5.32 Å². The maximum absolute atomic E-state index is 12.1. The Morgan fingerprint density at radius 1 is 1.29 bits per heavy atom. The van der Waals surface area contributed by atoms with E-state index in [0.29, 0.717) is 5.69 Å². The van der Waals surface area contributed by atoms with Gasteiger partial charge in [-0.15, -0.1) is 0 Å². The lowest BCUT2D eigenvalue weighted by atomic mass is 10.2. The number of hydrogen-bond acceptors (Lipinski definition) is 4. The van der Waals surface area contributed by atoms with Crippen molar-refractivity contribution in [2.24, 2.45) is 0 Å². The van der Waals surface area contributed by atoms with Crippen LogP contribution in [-0.4, -0.2) is 15.8 Å². The average molecular weight is 326 g/mol. The van der Waals surface area contributed by atoms with Crippen LogP contribution in [0.15, 0.2) is 30.3 Å². The minimum Gasteiger partial charge on any atom is -0.316 e. The van der Waals surface area contributed by atoms with Gasteiger partial charge in [-0.3, -0.25) is 14.9 Å². The number of nitro groups is 1. The van der Waals surface area contributed by atoms with Gasteiger partial charge >= 0.3 is 0 Å². The molecule has 1 heterocycles. The molecule has 0 saturated heterocycles. The number of carbonyl (C=O) groups is 1. The second kappa shape index (κ2) is 6.07. The maximum atomic E-state index is 12.1. The van der Waals surface area contributed by atoms with E-state index < -0.39 is 10.8 Å². The molecular formula is C13H9Cl2N3O3. The Morgan fingerprint density at radius 2 is 2.00 bits per heavy atom. The smallest absolute Gasteiger partial charge is 0.292 e. The molecule has 2 aromatic rings. The molecule has 2 rings (SSSR count). The molecule has 0 aliphatic heterocycles. The van der Waals surface area contributed by atoms with Crippen LogP contribution in [0.5, 0.6) is 0 Å². The highest BCUT2D eigenvalue weighted by Crippen LogP contribution is 2.28. The molecule has 0 radical (unpaired) electrons. The summed E-state index contributed by atoms with van der Waals surface area (Å²) >= 11 is 11.6. The van der Waals surface area contributed by atoms with Gasteiger partial charge in [0.1, 0.15) is 10.8 Å². The number of amides is 1.